The van der Waals surface area contributed by atoms with Crippen LogP contribution in [0.5, 0.6) is 0 Å². The van der Waals surface area contributed by atoms with Gasteiger partial charge in [-0.3, -0.25) is 5.32 Å². The van der Waals surface area contributed by atoms with E-state index < -0.39 is 0 Å². The smallest absolute Gasteiger partial charge is 0.119 e. The highest BCUT2D eigenvalue weighted by molar-refractivity contribution is 5.23. The molecule has 2 heteroatoms. The molecule has 1 aromatic carbocycles. The summed E-state index contributed by atoms with van der Waals surface area (Å²) in [7, 11) is 0. The molecule has 0 spiro atoms. The molecule has 1 N–H and O–H groups in total. The first-order chi connectivity index (χ1) is 8.34. The van der Waals surface area contributed by atoms with Crippen molar-refractivity contribution in [3.8, 4) is 0 Å². The molecule has 1 saturated heterocycles. The Bertz CT molecular complexity index is 425. The number of hydrogen-bond donors (Lipinski definition) is 1. The number of ether oxygens (including phenoxy) is 1. The lowest BCUT2D eigenvalue weighted by atomic mass is 10.0. The minimum atomic E-state index is 0.102. The Morgan fingerprint density at radius 1 is 1.06 bits per heavy atom. The predicted molar refractivity (Wildman–Crippen MR) is 68.4 cm³/mol. The van der Waals surface area contributed by atoms with Crippen LogP contribution in [0.15, 0.2) is 54.6 Å². The van der Waals surface area contributed by atoms with Gasteiger partial charge >= 0.3 is 0 Å². The summed E-state index contributed by atoms with van der Waals surface area (Å²) in [6, 6.07) is 10.8. The van der Waals surface area contributed by atoms with Gasteiger partial charge in [-0.15, -0.1) is 0 Å². The Balaban J connectivity index is 1.76. The van der Waals surface area contributed by atoms with Crippen LogP contribution in [0.3, 0.4) is 0 Å². The normalized spacial score (nSPS) is 32.4. The maximum Gasteiger partial charge on any atom is 0.119 e. The van der Waals surface area contributed by atoms with E-state index in [-0.39, 0.29) is 12.3 Å². The van der Waals surface area contributed by atoms with Gasteiger partial charge < -0.3 is 4.74 Å². The zero-order chi connectivity index (χ0) is 11.7. The van der Waals surface area contributed by atoms with E-state index in [1.807, 2.05) is 6.07 Å². The highest BCUT2D eigenvalue weighted by atomic mass is 16.5. The van der Waals surface area contributed by atoms with E-state index in [0.717, 1.165) is 0 Å². The number of hydrogen-bond acceptors (Lipinski definition) is 2. The molecule has 1 unspecified atom stereocenters. The van der Waals surface area contributed by atoms with E-state index in [4.69, 9.17) is 4.74 Å². The van der Waals surface area contributed by atoms with Gasteiger partial charge in [0.2, 0.25) is 0 Å². The minimum Gasteiger partial charge on any atom is -0.353 e. The molecule has 2 aliphatic rings. The van der Waals surface area contributed by atoms with Gasteiger partial charge in [0.15, 0.2) is 0 Å². The van der Waals surface area contributed by atoms with Gasteiger partial charge in [-0.1, -0.05) is 54.6 Å². The van der Waals surface area contributed by atoms with Gasteiger partial charge in [0.25, 0.3) is 0 Å². The molecular weight excluding hydrogens is 210 g/mol. The topological polar surface area (TPSA) is 21.3 Å². The van der Waals surface area contributed by atoms with Crippen LogP contribution < -0.4 is 5.32 Å². The lowest BCUT2D eigenvalue weighted by Crippen LogP contribution is -2.32. The zero-order valence-electron chi connectivity index (χ0n) is 9.91. The summed E-state index contributed by atoms with van der Waals surface area (Å²) in [5.41, 5.74) is 1.25. The van der Waals surface area contributed by atoms with Crippen molar-refractivity contribution in [1.29, 1.82) is 0 Å². The fourth-order valence-corrected chi connectivity index (χ4v) is 2.52. The van der Waals surface area contributed by atoms with E-state index in [0.29, 0.717) is 12.0 Å². The van der Waals surface area contributed by atoms with Crippen LogP contribution >= 0.6 is 0 Å². The molecule has 1 aliphatic heterocycles. The van der Waals surface area contributed by atoms with E-state index in [2.05, 4.69) is 60.8 Å². The van der Waals surface area contributed by atoms with Crippen molar-refractivity contribution in [3.05, 3.63) is 60.2 Å². The van der Waals surface area contributed by atoms with Crippen LogP contribution in [0.2, 0.25) is 0 Å². The molecule has 0 aromatic heterocycles. The Morgan fingerprint density at radius 3 is 2.47 bits per heavy atom. The summed E-state index contributed by atoms with van der Waals surface area (Å²) in [5.74, 6) is 0.367. The third-order valence-electron chi connectivity index (χ3n) is 3.43. The summed E-state index contributed by atoms with van der Waals surface area (Å²) >= 11 is 0. The second kappa shape index (κ2) is 4.47. The number of rotatable bonds is 2. The van der Waals surface area contributed by atoms with Crippen LogP contribution in [-0.2, 0) is 4.74 Å². The minimum absolute atomic E-state index is 0.102. The highest BCUT2D eigenvalue weighted by Crippen LogP contribution is 2.32. The standard InChI is InChI=1S/C15H17NO/c1-11-14(12-7-3-2-4-8-12)17-15(16-11)13-9-5-6-10-13/h2-11,13-16H,1H3/t11-,14+,15?/m0/s1. The average molecular weight is 227 g/mol. The Hall–Kier alpha value is -1.38. The maximum absolute atomic E-state index is 6.13. The average Bonchev–Trinajstić information content (AvgIpc) is 2.99. The molecule has 3 rings (SSSR count). The summed E-state index contributed by atoms with van der Waals surface area (Å²) < 4.78 is 6.13. The number of benzene rings is 1. The van der Waals surface area contributed by atoms with Crippen LogP contribution in [0, 0.1) is 5.92 Å². The van der Waals surface area contributed by atoms with Gasteiger partial charge in [0.05, 0.1) is 6.10 Å². The van der Waals surface area contributed by atoms with Crippen molar-refractivity contribution >= 4 is 0 Å². The van der Waals surface area contributed by atoms with Gasteiger partial charge in [0.1, 0.15) is 6.23 Å². The van der Waals surface area contributed by atoms with Crippen molar-refractivity contribution < 1.29 is 4.74 Å². The molecule has 1 aliphatic carbocycles. The lowest BCUT2D eigenvalue weighted by molar-refractivity contribution is 0.0235. The molecule has 1 aromatic rings. The van der Waals surface area contributed by atoms with E-state index in [1.54, 1.807) is 0 Å². The third kappa shape index (κ3) is 2.06. The molecule has 0 radical (unpaired) electrons. The van der Waals surface area contributed by atoms with Crippen LogP contribution in [-0.4, -0.2) is 12.3 Å². The Morgan fingerprint density at radius 2 is 1.76 bits per heavy atom. The molecule has 1 heterocycles. The number of allylic oxidation sites excluding steroid dienone is 2. The summed E-state index contributed by atoms with van der Waals surface area (Å²) in [6.07, 6.45) is 8.77. The van der Waals surface area contributed by atoms with Crippen molar-refractivity contribution in [2.45, 2.75) is 25.3 Å². The van der Waals surface area contributed by atoms with Crippen LogP contribution in [0.25, 0.3) is 0 Å². The molecule has 17 heavy (non-hydrogen) atoms. The second-order valence-corrected chi connectivity index (χ2v) is 4.69. The first kappa shape index (κ1) is 10.8. The fraction of sp³-hybridized carbons (Fsp3) is 0.333. The van der Waals surface area contributed by atoms with E-state index in [9.17, 15) is 0 Å². The Labute approximate surface area is 102 Å². The van der Waals surface area contributed by atoms with Gasteiger partial charge in [-0.25, -0.2) is 0 Å². The molecular formula is C15H17NO. The highest BCUT2D eigenvalue weighted by Gasteiger charge is 2.35. The zero-order valence-corrected chi connectivity index (χ0v) is 9.91. The first-order valence-electron chi connectivity index (χ1n) is 6.16. The summed E-state index contributed by atoms with van der Waals surface area (Å²) in [5, 5.41) is 3.52. The largest absolute Gasteiger partial charge is 0.353 e. The molecule has 0 bridgehead atoms. The first-order valence-corrected chi connectivity index (χ1v) is 6.16. The third-order valence-corrected chi connectivity index (χ3v) is 3.43. The maximum atomic E-state index is 6.13. The quantitative estimate of drug-likeness (QED) is 0.839. The predicted octanol–water partition coefficient (Wildman–Crippen LogP) is 2.80. The van der Waals surface area contributed by atoms with Gasteiger partial charge in [-0.2, -0.15) is 0 Å². The van der Waals surface area contributed by atoms with E-state index in [1.165, 1.54) is 5.56 Å². The summed E-state index contributed by atoms with van der Waals surface area (Å²) in [4.78, 5) is 0. The van der Waals surface area contributed by atoms with Crippen LogP contribution in [0.4, 0.5) is 0 Å². The van der Waals surface area contributed by atoms with Crippen molar-refractivity contribution in [2.75, 3.05) is 0 Å². The number of nitrogens with one attached hydrogen (secondary N) is 1. The molecule has 0 amide bonds. The Kier molecular flexibility index (Phi) is 2.83. The molecule has 1 fully saturated rings. The van der Waals surface area contributed by atoms with Crippen molar-refractivity contribution in [1.82, 2.24) is 5.32 Å². The van der Waals surface area contributed by atoms with Gasteiger partial charge in [0, 0.05) is 12.0 Å². The van der Waals surface area contributed by atoms with Crippen LogP contribution in [0.1, 0.15) is 18.6 Å². The monoisotopic (exact) mass is 227 g/mol. The molecule has 88 valence electrons. The summed E-state index contributed by atoms with van der Waals surface area (Å²) in [6.45, 7) is 2.18. The molecule has 2 nitrogen and oxygen atoms in total. The molecule has 0 saturated carbocycles. The van der Waals surface area contributed by atoms with Crippen molar-refractivity contribution in [2.24, 2.45) is 5.92 Å². The fourth-order valence-electron chi connectivity index (χ4n) is 2.52. The molecule has 3 atom stereocenters. The van der Waals surface area contributed by atoms with Gasteiger partial charge in [-0.05, 0) is 12.5 Å². The lowest BCUT2D eigenvalue weighted by Gasteiger charge is -2.16. The second-order valence-electron chi connectivity index (χ2n) is 4.69. The SMILES string of the molecule is C[C@@H]1NC(C2C=CC=C2)O[C@H]1c1ccccc1. The van der Waals surface area contributed by atoms with E-state index >= 15 is 0 Å². The van der Waals surface area contributed by atoms with Crippen molar-refractivity contribution in [3.63, 3.8) is 0 Å².